The normalized spacial score (nSPS) is 25.3. The molecule has 2 fully saturated rings. The second kappa shape index (κ2) is 9.60. The monoisotopic (exact) mass is 501 g/mol. The maximum absolute atomic E-state index is 3.97. The first kappa shape index (κ1) is 25.2. The highest BCUT2D eigenvalue weighted by Crippen LogP contribution is 2.55. The molecule has 4 atom stereocenters. The van der Waals surface area contributed by atoms with Crippen LogP contribution in [0.2, 0.25) is 0 Å². The number of hydrogen-bond donors (Lipinski definition) is 1. The summed E-state index contributed by atoms with van der Waals surface area (Å²) in [6.07, 6.45) is 6.78. The fourth-order valence-corrected chi connectivity index (χ4v) is 8.25. The molecule has 6 rings (SSSR count). The van der Waals surface area contributed by atoms with E-state index in [1.54, 1.807) is 0 Å². The quantitative estimate of drug-likeness (QED) is 0.293. The third-order valence-corrected chi connectivity index (χ3v) is 9.35. The average Bonchev–Trinajstić information content (AvgIpc) is 2.87. The number of anilines is 2. The molecule has 4 aromatic rings. The lowest BCUT2D eigenvalue weighted by Gasteiger charge is -2.51. The molecule has 1 heteroatoms. The van der Waals surface area contributed by atoms with E-state index in [0.29, 0.717) is 5.41 Å². The Hall–Kier alpha value is -3.06. The van der Waals surface area contributed by atoms with Crippen LogP contribution in [0.15, 0.2) is 84.9 Å². The standard InChI is InChI=1S/C37H43N/c1-25-20-27-21-26(2)23-37(22-25,24-27)33-15-9-11-17-35(33)38-34-16-10-8-14-31(34)29-18-19-32(36(3,4)5)30-13-7-6-12-28(29)30/h6-19,25-27,38H,20-24H2,1-5H3/t25-,26?,27?,37?/m1/s1. The summed E-state index contributed by atoms with van der Waals surface area (Å²) in [5.74, 6) is 2.47. The Morgan fingerprint density at radius 3 is 1.95 bits per heavy atom. The summed E-state index contributed by atoms with van der Waals surface area (Å²) in [5, 5.41) is 6.65. The molecule has 0 aromatic heterocycles. The predicted molar refractivity (Wildman–Crippen MR) is 164 cm³/mol. The van der Waals surface area contributed by atoms with Gasteiger partial charge in [-0.15, -0.1) is 0 Å². The Morgan fingerprint density at radius 1 is 0.632 bits per heavy atom. The summed E-state index contributed by atoms with van der Waals surface area (Å²) in [4.78, 5) is 0. The van der Waals surface area contributed by atoms with Crippen LogP contribution in [-0.2, 0) is 10.8 Å². The van der Waals surface area contributed by atoms with Crippen LogP contribution in [0.25, 0.3) is 21.9 Å². The topological polar surface area (TPSA) is 12.0 Å². The molecular formula is C37H43N. The van der Waals surface area contributed by atoms with Crippen LogP contribution in [-0.4, -0.2) is 0 Å². The van der Waals surface area contributed by atoms with E-state index >= 15 is 0 Å². The first-order chi connectivity index (χ1) is 18.2. The van der Waals surface area contributed by atoms with Crippen LogP contribution in [0, 0.1) is 17.8 Å². The Kier molecular flexibility index (Phi) is 6.37. The van der Waals surface area contributed by atoms with Crippen molar-refractivity contribution in [2.24, 2.45) is 17.8 Å². The van der Waals surface area contributed by atoms with Gasteiger partial charge in [0, 0.05) is 16.9 Å². The number of rotatable bonds is 4. The van der Waals surface area contributed by atoms with Crippen molar-refractivity contribution in [2.75, 3.05) is 5.32 Å². The van der Waals surface area contributed by atoms with Gasteiger partial charge >= 0.3 is 0 Å². The largest absolute Gasteiger partial charge is 0.355 e. The summed E-state index contributed by atoms with van der Waals surface area (Å²) in [6, 6.07) is 31.7. The van der Waals surface area contributed by atoms with E-state index in [2.05, 4.69) is 125 Å². The van der Waals surface area contributed by atoms with E-state index < -0.39 is 0 Å². The molecule has 2 bridgehead atoms. The highest BCUT2D eigenvalue weighted by molar-refractivity contribution is 6.02. The molecule has 1 nitrogen and oxygen atoms in total. The zero-order valence-corrected chi connectivity index (χ0v) is 23.9. The van der Waals surface area contributed by atoms with Gasteiger partial charge in [-0.1, -0.05) is 107 Å². The Bertz CT molecular complexity index is 1440. The van der Waals surface area contributed by atoms with Crippen molar-refractivity contribution in [3.05, 3.63) is 96.1 Å². The van der Waals surface area contributed by atoms with Crippen molar-refractivity contribution in [1.29, 1.82) is 0 Å². The molecule has 2 saturated carbocycles. The summed E-state index contributed by atoms with van der Waals surface area (Å²) in [6.45, 7) is 11.9. The smallest absolute Gasteiger partial charge is 0.0464 e. The molecule has 0 spiro atoms. The lowest BCUT2D eigenvalue weighted by molar-refractivity contribution is 0.0785. The lowest BCUT2D eigenvalue weighted by Crippen LogP contribution is -2.42. The molecule has 0 heterocycles. The van der Waals surface area contributed by atoms with Crippen molar-refractivity contribution in [2.45, 2.75) is 77.6 Å². The molecule has 1 N–H and O–H groups in total. The first-order valence-corrected chi connectivity index (χ1v) is 14.7. The van der Waals surface area contributed by atoms with Gasteiger partial charge in [-0.05, 0) is 100 Å². The Labute approximate surface area is 229 Å². The maximum Gasteiger partial charge on any atom is 0.0464 e. The van der Waals surface area contributed by atoms with E-state index in [0.717, 1.165) is 17.8 Å². The lowest BCUT2D eigenvalue weighted by atomic mass is 9.54. The summed E-state index contributed by atoms with van der Waals surface area (Å²) < 4.78 is 0. The van der Waals surface area contributed by atoms with Gasteiger partial charge in [0.15, 0.2) is 0 Å². The number of fused-ring (bicyclic) bond motifs is 3. The highest BCUT2D eigenvalue weighted by Gasteiger charge is 2.46. The van der Waals surface area contributed by atoms with E-state index in [1.165, 1.54) is 76.5 Å². The molecule has 4 aromatic carbocycles. The highest BCUT2D eigenvalue weighted by atomic mass is 14.9. The summed E-state index contributed by atoms with van der Waals surface area (Å²) in [7, 11) is 0. The first-order valence-electron chi connectivity index (χ1n) is 14.7. The van der Waals surface area contributed by atoms with Gasteiger partial charge in [-0.25, -0.2) is 0 Å². The van der Waals surface area contributed by atoms with Crippen LogP contribution in [0.4, 0.5) is 11.4 Å². The fourth-order valence-electron chi connectivity index (χ4n) is 8.25. The third kappa shape index (κ3) is 4.55. The van der Waals surface area contributed by atoms with Gasteiger partial charge in [-0.2, -0.15) is 0 Å². The predicted octanol–water partition coefficient (Wildman–Crippen LogP) is 10.7. The minimum atomic E-state index is 0.0975. The second-order valence-corrected chi connectivity index (χ2v) is 13.6. The van der Waals surface area contributed by atoms with Crippen molar-refractivity contribution in [1.82, 2.24) is 0 Å². The van der Waals surface area contributed by atoms with E-state index in [9.17, 15) is 0 Å². The second-order valence-electron chi connectivity index (χ2n) is 13.6. The molecular weight excluding hydrogens is 458 g/mol. The zero-order chi connectivity index (χ0) is 26.5. The van der Waals surface area contributed by atoms with Crippen LogP contribution >= 0.6 is 0 Å². The third-order valence-electron chi connectivity index (χ3n) is 9.35. The van der Waals surface area contributed by atoms with Gasteiger partial charge in [-0.3, -0.25) is 0 Å². The number of para-hydroxylation sites is 2. The van der Waals surface area contributed by atoms with Gasteiger partial charge < -0.3 is 5.32 Å². The Balaban J connectivity index is 1.44. The number of benzene rings is 4. The van der Waals surface area contributed by atoms with E-state index in [4.69, 9.17) is 0 Å². The summed E-state index contributed by atoms with van der Waals surface area (Å²) in [5.41, 5.74) is 8.37. The SMILES string of the molecule is CC1CC2C[C@@H](C)CC(c3ccccc3Nc3ccccc3-c3ccc(C(C)(C)C)c4ccccc34)(C1)C2. The molecule has 2 aliphatic rings. The van der Waals surface area contributed by atoms with Crippen LogP contribution in [0.1, 0.15) is 77.8 Å². The minimum Gasteiger partial charge on any atom is -0.355 e. The zero-order valence-electron chi connectivity index (χ0n) is 23.9. The number of hydrogen-bond acceptors (Lipinski definition) is 1. The van der Waals surface area contributed by atoms with E-state index in [-0.39, 0.29) is 5.41 Å². The molecule has 2 aliphatic carbocycles. The maximum atomic E-state index is 3.97. The average molecular weight is 502 g/mol. The van der Waals surface area contributed by atoms with Crippen LogP contribution < -0.4 is 5.32 Å². The van der Waals surface area contributed by atoms with Gasteiger partial charge in [0.05, 0.1) is 0 Å². The fraction of sp³-hybridized carbons (Fsp3) is 0.405. The van der Waals surface area contributed by atoms with Crippen molar-refractivity contribution in [3.8, 4) is 11.1 Å². The van der Waals surface area contributed by atoms with Crippen molar-refractivity contribution >= 4 is 22.1 Å². The molecule has 0 aliphatic heterocycles. The van der Waals surface area contributed by atoms with Crippen molar-refractivity contribution < 1.29 is 0 Å². The molecule has 0 radical (unpaired) electrons. The number of nitrogens with one attached hydrogen (secondary N) is 1. The molecule has 38 heavy (non-hydrogen) atoms. The molecule has 0 saturated heterocycles. The van der Waals surface area contributed by atoms with Crippen molar-refractivity contribution in [3.63, 3.8) is 0 Å². The molecule has 196 valence electrons. The Morgan fingerprint density at radius 2 is 1.24 bits per heavy atom. The minimum absolute atomic E-state index is 0.0975. The van der Waals surface area contributed by atoms with Crippen LogP contribution in [0.3, 0.4) is 0 Å². The molecule has 0 amide bonds. The van der Waals surface area contributed by atoms with Crippen LogP contribution in [0.5, 0.6) is 0 Å². The van der Waals surface area contributed by atoms with Gasteiger partial charge in [0.25, 0.3) is 0 Å². The van der Waals surface area contributed by atoms with E-state index in [1.807, 2.05) is 0 Å². The molecule has 3 unspecified atom stereocenters. The van der Waals surface area contributed by atoms with Gasteiger partial charge in [0.2, 0.25) is 0 Å². The van der Waals surface area contributed by atoms with Gasteiger partial charge in [0.1, 0.15) is 0 Å². The summed E-state index contributed by atoms with van der Waals surface area (Å²) >= 11 is 0.